The Morgan fingerprint density at radius 3 is 2.59 bits per heavy atom. The van der Waals surface area contributed by atoms with Gasteiger partial charge in [0.1, 0.15) is 18.1 Å². The van der Waals surface area contributed by atoms with Gasteiger partial charge in [-0.05, 0) is 64.0 Å². The maximum absolute atomic E-state index is 12.6. The number of hydrogen-bond donors (Lipinski definition) is 2. The molecule has 0 aliphatic heterocycles. The molecule has 0 bridgehead atoms. The summed E-state index contributed by atoms with van der Waals surface area (Å²) in [5.41, 5.74) is 2.37. The van der Waals surface area contributed by atoms with Crippen molar-refractivity contribution >= 4 is 44.9 Å². The van der Waals surface area contributed by atoms with Gasteiger partial charge in [-0.25, -0.2) is 0 Å². The van der Waals surface area contributed by atoms with Crippen molar-refractivity contribution in [2.45, 2.75) is 6.42 Å². The molecule has 2 N–H and O–H groups in total. The van der Waals surface area contributed by atoms with Crippen LogP contribution in [0, 0.1) is 0 Å². The first-order valence-corrected chi connectivity index (χ1v) is 11.2. The molecular formula is C25H23BrN2O3S. The Hall–Kier alpha value is -3.16. The Morgan fingerprint density at radius 2 is 1.84 bits per heavy atom. The molecule has 3 aromatic rings. The lowest BCUT2D eigenvalue weighted by Gasteiger charge is -2.12. The lowest BCUT2D eigenvalue weighted by atomic mass is 10.2. The molecule has 0 unspecified atom stereocenters. The molecule has 1 amide bonds. The van der Waals surface area contributed by atoms with E-state index in [0.717, 1.165) is 6.42 Å². The largest absolute Gasteiger partial charge is 0.492 e. The molecule has 7 heteroatoms. The predicted molar refractivity (Wildman–Crippen MR) is 136 cm³/mol. The molecule has 0 heterocycles. The van der Waals surface area contributed by atoms with Gasteiger partial charge in [0.2, 0.25) is 0 Å². The van der Waals surface area contributed by atoms with Gasteiger partial charge in [-0.15, -0.1) is 0 Å². The van der Waals surface area contributed by atoms with E-state index >= 15 is 0 Å². The van der Waals surface area contributed by atoms with Gasteiger partial charge in [0.05, 0.1) is 11.1 Å². The summed E-state index contributed by atoms with van der Waals surface area (Å²) in [6.45, 7) is 4.57. The number of carbonyl (C=O) groups excluding carboxylic acids is 1. The molecule has 164 valence electrons. The number of amides is 1. The summed E-state index contributed by atoms with van der Waals surface area (Å²) in [6, 6.07) is 22.6. The third kappa shape index (κ3) is 7.21. The Labute approximate surface area is 201 Å². The van der Waals surface area contributed by atoms with Crippen LogP contribution < -0.4 is 20.1 Å². The summed E-state index contributed by atoms with van der Waals surface area (Å²) in [7, 11) is 0. The van der Waals surface area contributed by atoms with Crippen molar-refractivity contribution in [3.63, 3.8) is 0 Å². The van der Waals surface area contributed by atoms with E-state index in [4.69, 9.17) is 21.7 Å². The fourth-order valence-electron chi connectivity index (χ4n) is 2.84. The van der Waals surface area contributed by atoms with Crippen molar-refractivity contribution in [3.8, 4) is 11.5 Å². The lowest BCUT2D eigenvalue weighted by Crippen LogP contribution is -2.34. The van der Waals surface area contributed by atoms with Gasteiger partial charge in [-0.3, -0.25) is 10.1 Å². The molecule has 0 saturated heterocycles. The molecule has 0 aliphatic rings. The SMILES string of the molecule is C=CCOc1cccc(NC(=S)NC(=O)c2ccc(OCCc3ccccc3)c(Br)c2)c1. The molecule has 0 fully saturated rings. The summed E-state index contributed by atoms with van der Waals surface area (Å²) in [5.74, 6) is 1.03. The van der Waals surface area contributed by atoms with Crippen LogP contribution in [-0.4, -0.2) is 24.2 Å². The number of hydrogen-bond acceptors (Lipinski definition) is 4. The molecule has 0 saturated carbocycles. The van der Waals surface area contributed by atoms with Gasteiger partial charge in [0.25, 0.3) is 5.91 Å². The van der Waals surface area contributed by atoms with Crippen molar-refractivity contribution in [1.29, 1.82) is 0 Å². The Kier molecular flexibility index (Phi) is 8.83. The molecule has 0 aliphatic carbocycles. The van der Waals surface area contributed by atoms with Gasteiger partial charge in [-0.1, -0.05) is 49.1 Å². The molecule has 0 radical (unpaired) electrons. The highest BCUT2D eigenvalue weighted by atomic mass is 79.9. The minimum atomic E-state index is -0.321. The highest BCUT2D eigenvalue weighted by Crippen LogP contribution is 2.26. The zero-order valence-electron chi connectivity index (χ0n) is 17.3. The van der Waals surface area contributed by atoms with Gasteiger partial charge in [0, 0.05) is 23.7 Å². The monoisotopic (exact) mass is 510 g/mol. The van der Waals surface area contributed by atoms with Crippen LogP contribution in [0.4, 0.5) is 5.69 Å². The van der Waals surface area contributed by atoms with Gasteiger partial charge in [-0.2, -0.15) is 0 Å². The van der Waals surface area contributed by atoms with Crippen LogP contribution in [0.2, 0.25) is 0 Å². The Bertz CT molecular complexity index is 1090. The third-order valence-electron chi connectivity index (χ3n) is 4.37. The summed E-state index contributed by atoms with van der Waals surface area (Å²) in [5, 5.41) is 5.86. The average Bonchev–Trinajstić information content (AvgIpc) is 2.79. The van der Waals surface area contributed by atoms with Gasteiger partial charge < -0.3 is 14.8 Å². The molecule has 32 heavy (non-hydrogen) atoms. The maximum atomic E-state index is 12.6. The van der Waals surface area contributed by atoms with E-state index in [1.165, 1.54) is 5.56 Å². The minimum absolute atomic E-state index is 0.190. The van der Waals surface area contributed by atoms with Crippen LogP contribution in [0.1, 0.15) is 15.9 Å². The summed E-state index contributed by atoms with van der Waals surface area (Å²) in [4.78, 5) is 12.6. The topological polar surface area (TPSA) is 59.6 Å². The summed E-state index contributed by atoms with van der Waals surface area (Å²) in [6.07, 6.45) is 2.47. The molecule has 0 spiro atoms. The molecule has 5 nitrogen and oxygen atoms in total. The number of thiocarbonyl (C=S) groups is 1. The summed E-state index contributed by atoms with van der Waals surface area (Å²) < 4.78 is 12.0. The van der Waals surface area contributed by atoms with Crippen LogP contribution >= 0.6 is 28.1 Å². The fourth-order valence-corrected chi connectivity index (χ4v) is 3.54. The van der Waals surface area contributed by atoms with E-state index in [2.05, 4.69) is 45.3 Å². The van der Waals surface area contributed by atoms with Crippen LogP contribution in [0.15, 0.2) is 89.9 Å². The van der Waals surface area contributed by atoms with E-state index in [1.54, 1.807) is 30.3 Å². The normalized spacial score (nSPS) is 10.2. The van der Waals surface area contributed by atoms with Crippen LogP contribution in [-0.2, 0) is 6.42 Å². The maximum Gasteiger partial charge on any atom is 0.257 e. The van der Waals surface area contributed by atoms with Crippen molar-refractivity contribution in [2.24, 2.45) is 0 Å². The van der Waals surface area contributed by atoms with E-state index in [-0.39, 0.29) is 11.0 Å². The highest BCUT2D eigenvalue weighted by Gasteiger charge is 2.11. The smallest absolute Gasteiger partial charge is 0.257 e. The number of benzene rings is 3. The van der Waals surface area contributed by atoms with E-state index in [9.17, 15) is 4.79 Å². The zero-order chi connectivity index (χ0) is 22.8. The standard InChI is InChI=1S/C25H23BrN2O3S/c1-2-14-30-21-10-6-9-20(17-21)27-25(32)28-24(29)19-11-12-23(22(26)16-19)31-15-13-18-7-4-3-5-8-18/h2-12,16-17H,1,13-15H2,(H2,27,28,29,32). The van der Waals surface area contributed by atoms with Crippen molar-refractivity contribution in [2.75, 3.05) is 18.5 Å². The fraction of sp³-hybridized carbons (Fsp3) is 0.120. The molecule has 3 aromatic carbocycles. The second-order valence-corrected chi connectivity index (χ2v) is 8.03. The van der Waals surface area contributed by atoms with Crippen molar-refractivity contribution in [3.05, 3.63) is 101 Å². The van der Waals surface area contributed by atoms with E-state index in [0.29, 0.717) is 40.4 Å². The molecule has 0 atom stereocenters. The number of ether oxygens (including phenoxy) is 2. The first-order valence-electron chi connectivity index (χ1n) is 9.97. The first kappa shape index (κ1) is 23.5. The minimum Gasteiger partial charge on any atom is -0.492 e. The first-order chi connectivity index (χ1) is 15.5. The highest BCUT2D eigenvalue weighted by molar-refractivity contribution is 9.10. The predicted octanol–water partition coefficient (Wildman–Crippen LogP) is 5.76. The lowest BCUT2D eigenvalue weighted by molar-refractivity contribution is 0.0977. The number of nitrogens with one attached hydrogen (secondary N) is 2. The van der Waals surface area contributed by atoms with Crippen LogP contribution in [0.5, 0.6) is 11.5 Å². The Balaban J connectivity index is 1.52. The summed E-state index contributed by atoms with van der Waals surface area (Å²) >= 11 is 8.75. The quantitative estimate of drug-likeness (QED) is 0.283. The van der Waals surface area contributed by atoms with Crippen LogP contribution in [0.25, 0.3) is 0 Å². The zero-order valence-corrected chi connectivity index (χ0v) is 19.7. The molecule has 0 aromatic heterocycles. The van der Waals surface area contributed by atoms with Gasteiger partial charge >= 0.3 is 0 Å². The van der Waals surface area contributed by atoms with E-state index < -0.39 is 0 Å². The number of anilines is 1. The molecular weight excluding hydrogens is 488 g/mol. The van der Waals surface area contributed by atoms with Gasteiger partial charge in [0.15, 0.2) is 5.11 Å². The van der Waals surface area contributed by atoms with E-state index in [1.807, 2.05) is 36.4 Å². The molecule has 3 rings (SSSR count). The Morgan fingerprint density at radius 1 is 1.03 bits per heavy atom. The number of rotatable bonds is 9. The van der Waals surface area contributed by atoms with Crippen LogP contribution in [0.3, 0.4) is 0 Å². The number of carbonyl (C=O) groups is 1. The second kappa shape index (κ2) is 12.0. The van der Waals surface area contributed by atoms with Crippen molar-refractivity contribution < 1.29 is 14.3 Å². The number of halogens is 1. The second-order valence-electron chi connectivity index (χ2n) is 6.77. The third-order valence-corrected chi connectivity index (χ3v) is 5.20. The average molecular weight is 511 g/mol. The van der Waals surface area contributed by atoms with Crippen molar-refractivity contribution in [1.82, 2.24) is 5.32 Å².